The number of anilines is 1. The lowest BCUT2D eigenvalue weighted by atomic mass is 10.3. The Bertz CT molecular complexity index is 558. The van der Waals surface area contributed by atoms with Gasteiger partial charge in [0.05, 0.1) is 5.75 Å². The van der Waals surface area contributed by atoms with Gasteiger partial charge in [-0.2, -0.15) is 0 Å². The lowest BCUT2D eigenvalue weighted by Crippen LogP contribution is -2.34. The quantitative estimate of drug-likeness (QED) is 0.747. The Morgan fingerprint density at radius 3 is 2.70 bits per heavy atom. The van der Waals surface area contributed by atoms with Crippen LogP contribution in [0.3, 0.4) is 0 Å². The molecule has 0 aliphatic carbocycles. The average Bonchev–Trinajstić information content (AvgIpc) is 2.39. The van der Waals surface area contributed by atoms with Gasteiger partial charge < -0.3 is 10.6 Å². The van der Waals surface area contributed by atoms with E-state index in [1.807, 2.05) is 6.92 Å². The summed E-state index contributed by atoms with van der Waals surface area (Å²) in [6.07, 6.45) is 1.53. The van der Waals surface area contributed by atoms with E-state index in [-0.39, 0.29) is 18.0 Å². The molecule has 0 saturated heterocycles. The Balaban J connectivity index is 2.57. The Morgan fingerprint density at radius 1 is 1.40 bits per heavy atom. The molecule has 1 aromatic heterocycles. The molecule has 1 rings (SSSR count). The molecular weight excluding hydrogens is 280 g/mol. The Kier molecular flexibility index (Phi) is 5.90. The second-order valence-electron chi connectivity index (χ2n) is 4.31. The molecular formula is C12H20N4O3S. The van der Waals surface area contributed by atoms with Crippen molar-refractivity contribution in [3.63, 3.8) is 0 Å². The zero-order chi connectivity index (χ0) is 15.2. The minimum absolute atomic E-state index is 0.0481. The molecule has 0 aliphatic rings. The molecule has 0 saturated carbocycles. The SMILES string of the molecule is CCNc1ccnc(C(=O)NCCS(=O)(=O)N(C)C)c1. The number of amides is 1. The van der Waals surface area contributed by atoms with Gasteiger partial charge in [0, 0.05) is 39.1 Å². The van der Waals surface area contributed by atoms with Crippen molar-refractivity contribution in [3.8, 4) is 0 Å². The fourth-order valence-corrected chi connectivity index (χ4v) is 2.16. The van der Waals surface area contributed by atoms with Gasteiger partial charge in [0.15, 0.2) is 0 Å². The van der Waals surface area contributed by atoms with Crippen molar-refractivity contribution in [1.82, 2.24) is 14.6 Å². The summed E-state index contributed by atoms with van der Waals surface area (Å²) in [6.45, 7) is 2.74. The molecule has 0 aliphatic heterocycles. The number of aromatic nitrogens is 1. The van der Waals surface area contributed by atoms with Gasteiger partial charge >= 0.3 is 0 Å². The van der Waals surface area contributed by atoms with Crippen molar-refractivity contribution in [3.05, 3.63) is 24.0 Å². The van der Waals surface area contributed by atoms with Crippen LogP contribution in [0.25, 0.3) is 0 Å². The van der Waals surface area contributed by atoms with Crippen LogP contribution >= 0.6 is 0 Å². The van der Waals surface area contributed by atoms with E-state index in [1.165, 1.54) is 20.3 Å². The number of pyridine rings is 1. The maximum Gasteiger partial charge on any atom is 0.269 e. The maximum absolute atomic E-state index is 11.8. The van der Waals surface area contributed by atoms with Crippen LogP contribution in [0.1, 0.15) is 17.4 Å². The monoisotopic (exact) mass is 300 g/mol. The molecule has 2 N–H and O–H groups in total. The number of hydrogen-bond donors (Lipinski definition) is 2. The van der Waals surface area contributed by atoms with Crippen molar-refractivity contribution in [2.45, 2.75) is 6.92 Å². The molecule has 8 heteroatoms. The smallest absolute Gasteiger partial charge is 0.269 e. The number of nitrogens with one attached hydrogen (secondary N) is 2. The normalized spacial score (nSPS) is 11.4. The Hall–Kier alpha value is -1.67. The predicted octanol–water partition coefficient (Wildman–Crippen LogP) is 0.135. The van der Waals surface area contributed by atoms with Crippen molar-refractivity contribution >= 4 is 21.6 Å². The van der Waals surface area contributed by atoms with Crippen LogP contribution in [0.4, 0.5) is 5.69 Å². The number of carbonyl (C=O) groups excluding carboxylic acids is 1. The van der Waals surface area contributed by atoms with Crippen LogP contribution < -0.4 is 10.6 Å². The fraction of sp³-hybridized carbons (Fsp3) is 0.500. The average molecular weight is 300 g/mol. The number of rotatable bonds is 7. The standard InChI is InChI=1S/C12H20N4O3S/c1-4-13-10-5-6-14-11(9-10)12(17)15-7-8-20(18,19)16(2)3/h5-6,9H,4,7-8H2,1-3H3,(H,13,14)(H,15,17). The van der Waals surface area contributed by atoms with Crippen LogP contribution in [0.5, 0.6) is 0 Å². The zero-order valence-electron chi connectivity index (χ0n) is 11.9. The van der Waals surface area contributed by atoms with E-state index in [1.54, 1.807) is 12.1 Å². The van der Waals surface area contributed by atoms with Gasteiger partial charge in [-0.1, -0.05) is 0 Å². The fourth-order valence-electron chi connectivity index (χ4n) is 1.44. The molecule has 112 valence electrons. The summed E-state index contributed by atoms with van der Waals surface area (Å²) in [5.41, 5.74) is 1.05. The molecule has 0 aromatic carbocycles. The summed E-state index contributed by atoms with van der Waals surface area (Å²) in [5.74, 6) is -0.530. The number of carbonyl (C=O) groups is 1. The lowest BCUT2D eigenvalue weighted by Gasteiger charge is -2.11. The topological polar surface area (TPSA) is 91.4 Å². The first-order valence-electron chi connectivity index (χ1n) is 6.25. The molecule has 0 unspecified atom stereocenters. The second kappa shape index (κ2) is 7.20. The molecule has 7 nitrogen and oxygen atoms in total. The molecule has 0 bridgehead atoms. The molecule has 0 atom stereocenters. The molecule has 1 amide bonds. The van der Waals surface area contributed by atoms with Crippen molar-refractivity contribution in [2.75, 3.05) is 38.3 Å². The third kappa shape index (κ3) is 4.78. The van der Waals surface area contributed by atoms with E-state index in [0.29, 0.717) is 0 Å². The first-order valence-corrected chi connectivity index (χ1v) is 7.86. The highest BCUT2D eigenvalue weighted by Crippen LogP contribution is 2.07. The summed E-state index contributed by atoms with van der Waals surface area (Å²) >= 11 is 0. The predicted molar refractivity (Wildman–Crippen MR) is 78.2 cm³/mol. The van der Waals surface area contributed by atoms with Gasteiger partial charge in [0.25, 0.3) is 5.91 Å². The van der Waals surface area contributed by atoms with Crippen molar-refractivity contribution < 1.29 is 13.2 Å². The van der Waals surface area contributed by atoms with Crippen LogP contribution in [-0.2, 0) is 10.0 Å². The first-order chi connectivity index (χ1) is 9.36. The zero-order valence-corrected chi connectivity index (χ0v) is 12.7. The number of sulfonamides is 1. The van der Waals surface area contributed by atoms with Crippen molar-refractivity contribution in [2.24, 2.45) is 0 Å². The summed E-state index contributed by atoms with van der Waals surface area (Å²) < 4.78 is 24.2. The van der Waals surface area contributed by atoms with Crippen LogP contribution in [0, 0.1) is 0 Å². The second-order valence-corrected chi connectivity index (χ2v) is 6.62. The van der Waals surface area contributed by atoms with E-state index in [2.05, 4.69) is 15.6 Å². The molecule has 0 radical (unpaired) electrons. The van der Waals surface area contributed by atoms with E-state index in [4.69, 9.17) is 0 Å². The molecule has 1 aromatic rings. The van der Waals surface area contributed by atoms with Crippen LogP contribution in [-0.4, -0.2) is 56.6 Å². The van der Waals surface area contributed by atoms with Gasteiger partial charge in [-0.15, -0.1) is 0 Å². The Morgan fingerprint density at radius 2 is 2.10 bits per heavy atom. The minimum atomic E-state index is -3.31. The summed E-state index contributed by atoms with van der Waals surface area (Å²) in [6, 6.07) is 3.38. The van der Waals surface area contributed by atoms with E-state index in [9.17, 15) is 13.2 Å². The maximum atomic E-state index is 11.8. The highest BCUT2D eigenvalue weighted by Gasteiger charge is 2.14. The third-order valence-corrected chi connectivity index (χ3v) is 4.41. The highest BCUT2D eigenvalue weighted by atomic mass is 32.2. The van der Waals surface area contributed by atoms with Crippen molar-refractivity contribution in [1.29, 1.82) is 0 Å². The van der Waals surface area contributed by atoms with E-state index in [0.717, 1.165) is 16.5 Å². The van der Waals surface area contributed by atoms with Gasteiger partial charge in [0.1, 0.15) is 5.69 Å². The summed E-state index contributed by atoms with van der Waals surface area (Å²) in [7, 11) is -0.393. The van der Waals surface area contributed by atoms with Gasteiger partial charge in [-0.3, -0.25) is 9.78 Å². The molecule has 0 fully saturated rings. The number of hydrogen-bond acceptors (Lipinski definition) is 5. The van der Waals surface area contributed by atoms with Gasteiger partial charge in [-0.25, -0.2) is 12.7 Å². The first kappa shape index (κ1) is 16.4. The third-order valence-electron chi connectivity index (χ3n) is 2.58. The van der Waals surface area contributed by atoms with Gasteiger partial charge in [0.2, 0.25) is 10.0 Å². The van der Waals surface area contributed by atoms with Crippen LogP contribution in [0.15, 0.2) is 18.3 Å². The van der Waals surface area contributed by atoms with E-state index >= 15 is 0 Å². The molecule has 0 spiro atoms. The Labute approximate surface area is 119 Å². The minimum Gasteiger partial charge on any atom is -0.385 e. The summed E-state index contributed by atoms with van der Waals surface area (Å²) in [5, 5.41) is 5.62. The molecule has 1 heterocycles. The molecule has 20 heavy (non-hydrogen) atoms. The highest BCUT2D eigenvalue weighted by molar-refractivity contribution is 7.89. The number of nitrogens with zero attached hydrogens (tertiary/aromatic N) is 2. The lowest BCUT2D eigenvalue weighted by molar-refractivity contribution is 0.0951. The largest absolute Gasteiger partial charge is 0.385 e. The van der Waals surface area contributed by atoms with E-state index < -0.39 is 15.9 Å². The summed E-state index contributed by atoms with van der Waals surface area (Å²) in [4.78, 5) is 15.8. The van der Waals surface area contributed by atoms with Crippen LogP contribution in [0.2, 0.25) is 0 Å². The van der Waals surface area contributed by atoms with Gasteiger partial charge in [-0.05, 0) is 19.1 Å².